The Hall–Kier alpha value is 0.170. The van der Waals surface area contributed by atoms with Gasteiger partial charge in [-0.2, -0.15) is 0 Å². The maximum Gasteiger partial charge on any atom is 0.365 e. The minimum absolute atomic E-state index is 0.177. The zero-order chi connectivity index (χ0) is 5.91. The molecular formula is C3H7ClO3. The van der Waals surface area contributed by atoms with Gasteiger partial charge in [0.25, 0.3) is 0 Å². The summed E-state index contributed by atoms with van der Waals surface area (Å²) in [6.07, 6.45) is 0. The third-order valence-electron chi connectivity index (χ3n) is 0.328. The lowest BCUT2D eigenvalue weighted by atomic mass is 10.9. The molecule has 0 saturated carbocycles. The van der Waals surface area contributed by atoms with Gasteiger partial charge in [-0.15, -0.1) is 0 Å². The largest absolute Gasteiger partial charge is 0.365 e. The second kappa shape index (κ2) is 2.47. The Bertz CT molecular complexity index is 48.6. The second-order valence-corrected chi connectivity index (χ2v) is 1.45. The lowest BCUT2D eigenvalue weighted by Gasteiger charge is -2.10. The van der Waals surface area contributed by atoms with E-state index in [1.54, 1.807) is 6.92 Å². The molecule has 0 radical (unpaired) electrons. The summed E-state index contributed by atoms with van der Waals surface area (Å²) >= 11 is 4.72. The molecule has 0 aliphatic carbocycles. The highest BCUT2D eigenvalue weighted by Crippen LogP contribution is 2.05. The standard InChI is InChI=1S/C3H7ClO3/c1-2-7-3(4,5)6/h5-6H,2H2,1H3. The van der Waals surface area contributed by atoms with Gasteiger partial charge in [-0.1, -0.05) is 0 Å². The summed E-state index contributed by atoms with van der Waals surface area (Å²) in [5.41, 5.74) is -2.48. The Labute approximate surface area is 46.5 Å². The van der Waals surface area contributed by atoms with E-state index in [9.17, 15) is 0 Å². The maximum absolute atomic E-state index is 8.12. The predicted octanol–water partition coefficient (Wildman–Crippen LogP) is -0.142. The number of halogens is 1. The molecule has 0 spiro atoms. The zero-order valence-electron chi connectivity index (χ0n) is 3.89. The van der Waals surface area contributed by atoms with E-state index in [0.717, 1.165) is 0 Å². The van der Waals surface area contributed by atoms with Crippen molar-refractivity contribution in [3.05, 3.63) is 0 Å². The molecule has 2 N–H and O–H groups in total. The first-order valence-electron chi connectivity index (χ1n) is 1.84. The molecule has 7 heavy (non-hydrogen) atoms. The molecule has 0 saturated heterocycles. The van der Waals surface area contributed by atoms with Gasteiger partial charge in [0, 0.05) is 0 Å². The highest BCUT2D eigenvalue weighted by Gasteiger charge is 2.16. The molecule has 0 aromatic carbocycles. The van der Waals surface area contributed by atoms with Crippen LogP contribution in [-0.2, 0) is 4.74 Å². The van der Waals surface area contributed by atoms with Crippen molar-refractivity contribution in [2.24, 2.45) is 0 Å². The third-order valence-corrected chi connectivity index (χ3v) is 0.437. The Morgan fingerprint density at radius 3 is 2.14 bits per heavy atom. The summed E-state index contributed by atoms with van der Waals surface area (Å²) in [7, 11) is 0. The van der Waals surface area contributed by atoms with Gasteiger partial charge in [-0.05, 0) is 18.5 Å². The van der Waals surface area contributed by atoms with Crippen LogP contribution in [0.1, 0.15) is 6.92 Å². The highest BCUT2D eigenvalue weighted by atomic mass is 35.5. The van der Waals surface area contributed by atoms with E-state index >= 15 is 0 Å². The molecule has 44 valence electrons. The molecular weight excluding hydrogens is 119 g/mol. The van der Waals surface area contributed by atoms with Crippen LogP contribution in [0, 0.1) is 0 Å². The Balaban J connectivity index is 3.15. The van der Waals surface area contributed by atoms with Crippen molar-refractivity contribution in [3.8, 4) is 0 Å². The van der Waals surface area contributed by atoms with E-state index in [1.807, 2.05) is 0 Å². The van der Waals surface area contributed by atoms with Crippen molar-refractivity contribution in [2.75, 3.05) is 6.61 Å². The van der Waals surface area contributed by atoms with Crippen molar-refractivity contribution in [2.45, 2.75) is 12.4 Å². The van der Waals surface area contributed by atoms with Crippen molar-refractivity contribution in [1.29, 1.82) is 0 Å². The topological polar surface area (TPSA) is 49.7 Å². The summed E-state index contributed by atoms with van der Waals surface area (Å²) in [6, 6.07) is 0. The van der Waals surface area contributed by atoms with Crippen LogP contribution in [0.15, 0.2) is 0 Å². The number of aliphatic hydroxyl groups is 2. The number of rotatable bonds is 2. The molecule has 0 amide bonds. The van der Waals surface area contributed by atoms with Crippen LogP contribution in [-0.4, -0.2) is 22.3 Å². The molecule has 0 bridgehead atoms. The molecule has 0 heterocycles. The molecule has 0 unspecified atom stereocenters. The fourth-order valence-corrected chi connectivity index (χ4v) is 0.293. The fraction of sp³-hybridized carbons (Fsp3) is 1.00. The molecule has 0 fully saturated rings. The van der Waals surface area contributed by atoms with Gasteiger partial charge in [0.1, 0.15) is 0 Å². The molecule has 0 aromatic heterocycles. The first-order valence-corrected chi connectivity index (χ1v) is 2.21. The molecule has 0 aliphatic heterocycles. The van der Waals surface area contributed by atoms with Crippen LogP contribution in [0.25, 0.3) is 0 Å². The third kappa shape index (κ3) is 6.17. The minimum Gasteiger partial charge on any atom is -0.330 e. The van der Waals surface area contributed by atoms with E-state index in [0.29, 0.717) is 0 Å². The van der Waals surface area contributed by atoms with Crippen molar-refractivity contribution >= 4 is 11.6 Å². The van der Waals surface area contributed by atoms with Crippen LogP contribution in [0.4, 0.5) is 0 Å². The minimum atomic E-state index is -2.48. The van der Waals surface area contributed by atoms with E-state index in [-0.39, 0.29) is 6.61 Å². The summed E-state index contributed by atoms with van der Waals surface area (Å²) in [5, 5.41) is 16.2. The van der Waals surface area contributed by atoms with Gasteiger partial charge in [0.05, 0.1) is 6.61 Å². The Kier molecular flexibility index (Phi) is 2.53. The smallest absolute Gasteiger partial charge is 0.330 e. The second-order valence-electron chi connectivity index (χ2n) is 0.962. The molecule has 0 aliphatic rings. The van der Waals surface area contributed by atoms with Gasteiger partial charge < -0.3 is 14.9 Å². The zero-order valence-corrected chi connectivity index (χ0v) is 4.64. The van der Waals surface area contributed by atoms with Gasteiger partial charge in [0.15, 0.2) is 0 Å². The SMILES string of the molecule is CCOC(O)(O)Cl. The van der Waals surface area contributed by atoms with E-state index in [1.165, 1.54) is 0 Å². The fourth-order valence-electron chi connectivity index (χ4n) is 0.184. The normalized spacial score (nSPS) is 12.0. The maximum atomic E-state index is 8.12. The van der Waals surface area contributed by atoms with Crippen molar-refractivity contribution in [3.63, 3.8) is 0 Å². The molecule has 0 aromatic rings. The Morgan fingerprint density at radius 2 is 2.14 bits per heavy atom. The van der Waals surface area contributed by atoms with Crippen LogP contribution < -0.4 is 0 Å². The lowest BCUT2D eigenvalue weighted by Crippen LogP contribution is -2.23. The molecule has 0 atom stereocenters. The van der Waals surface area contributed by atoms with Crippen LogP contribution in [0.2, 0.25) is 0 Å². The first kappa shape index (κ1) is 7.17. The first-order chi connectivity index (χ1) is 3.06. The average Bonchev–Trinajstić information content (AvgIpc) is 1.30. The molecule has 3 nitrogen and oxygen atoms in total. The van der Waals surface area contributed by atoms with Crippen molar-refractivity contribution in [1.82, 2.24) is 0 Å². The molecule has 4 heteroatoms. The lowest BCUT2D eigenvalue weighted by molar-refractivity contribution is -0.271. The summed E-state index contributed by atoms with van der Waals surface area (Å²) in [5.74, 6) is 0. The number of hydrogen-bond donors (Lipinski definition) is 2. The summed E-state index contributed by atoms with van der Waals surface area (Å²) < 4.78 is 4.11. The average molecular weight is 127 g/mol. The van der Waals surface area contributed by atoms with E-state index in [4.69, 9.17) is 21.8 Å². The monoisotopic (exact) mass is 126 g/mol. The predicted molar refractivity (Wildman–Crippen MR) is 24.6 cm³/mol. The van der Waals surface area contributed by atoms with Gasteiger partial charge in [-0.3, -0.25) is 0 Å². The van der Waals surface area contributed by atoms with Gasteiger partial charge >= 0.3 is 5.43 Å². The quantitative estimate of drug-likeness (QED) is 0.400. The summed E-state index contributed by atoms with van der Waals surface area (Å²) in [4.78, 5) is 0. The van der Waals surface area contributed by atoms with Crippen molar-refractivity contribution < 1.29 is 14.9 Å². The summed E-state index contributed by atoms with van der Waals surface area (Å²) in [6.45, 7) is 1.78. The van der Waals surface area contributed by atoms with Crippen LogP contribution >= 0.6 is 11.6 Å². The van der Waals surface area contributed by atoms with Crippen LogP contribution in [0.3, 0.4) is 0 Å². The van der Waals surface area contributed by atoms with Gasteiger partial charge in [-0.25, -0.2) is 0 Å². The van der Waals surface area contributed by atoms with E-state index < -0.39 is 5.43 Å². The molecule has 0 rings (SSSR count). The van der Waals surface area contributed by atoms with Gasteiger partial charge in [0.2, 0.25) is 0 Å². The number of alkyl halides is 1. The number of ether oxygens (including phenoxy) is 1. The highest BCUT2D eigenvalue weighted by molar-refractivity contribution is 6.20. The number of hydrogen-bond acceptors (Lipinski definition) is 3. The Morgan fingerprint density at radius 1 is 1.71 bits per heavy atom. The van der Waals surface area contributed by atoms with E-state index in [2.05, 4.69) is 4.74 Å². The van der Waals surface area contributed by atoms with Crippen LogP contribution in [0.5, 0.6) is 0 Å².